The molecule has 0 fully saturated rings. The van der Waals surface area contributed by atoms with Gasteiger partial charge in [-0.15, -0.1) is 0 Å². The van der Waals surface area contributed by atoms with Crippen molar-refractivity contribution in [2.75, 3.05) is 0 Å². The van der Waals surface area contributed by atoms with E-state index >= 15 is 0 Å². The van der Waals surface area contributed by atoms with Crippen molar-refractivity contribution < 1.29 is 4.74 Å². The topological polar surface area (TPSA) is 58.8 Å². The van der Waals surface area contributed by atoms with Crippen molar-refractivity contribution in [3.05, 3.63) is 47.9 Å². The van der Waals surface area contributed by atoms with Gasteiger partial charge in [-0.05, 0) is 18.1 Å². The zero-order chi connectivity index (χ0) is 12.1. The predicted octanol–water partition coefficient (Wildman–Crippen LogP) is 2.70. The highest BCUT2D eigenvalue weighted by Gasteiger charge is 2.03. The molecule has 4 nitrogen and oxygen atoms in total. The molecule has 1 aromatic carbocycles. The second-order valence-electron chi connectivity index (χ2n) is 3.42. The van der Waals surface area contributed by atoms with Crippen LogP contribution in [0.15, 0.2) is 36.7 Å². The summed E-state index contributed by atoms with van der Waals surface area (Å²) in [5.41, 5.74) is 1.39. The van der Waals surface area contributed by atoms with E-state index < -0.39 is 0 Å². The number of hydrogen-bond acceptors (Lipinski definition) is 4. The lowest BCUT2D eigenvalue weighted by Gasteiger charge is -2.08. The highest BCUT2D eigenvalue weighted by atomic mass is 16.5. The van der Waals surface area contributed by atoms with E-state index in [4.69, 9.17) is 10.00 Å². The molecule has 0 aliphatic heterocycles. The van der Waals surface area contributed by atoms with E-state index in [0.29, 0.717) is 5.88 Å². The molecule has 84 valence electrons. The van der Waals surface area contributed by atoms with Crippen molar-refractivity contribution in [1.29, 1.82) is 5.26 Å². The Kier molecular flexibility index (Phi) is 3.31. The molecule has 4 heteroatoms. The van der Waals surface area contributed by atoms with Crippen molar-refractivity contribution in [2.45, 2.75) is 13.3 Å². The summed E-state index contributed by atoms with van der Waals surface area (Å²) < 4.78 is 5.62. The largest absolute Gasteiger partial charge is 0.437 e. The van der Waals surface area contributed by atoms with Crippen molar-refractivity contribution in [3.63, 3.8) is 0 Å². The molecular weight excluding hydrogens is 214 g/mol. The molecular formula is C13H11N3O. The Morgan fingerprint density at radius 1 is 1.24 bits per heavy atom. The van der Waals surface area contributed by atoms with E-state index in [9.17, 15) is 0 Å². The summed E-state index contributed by atoms with van der Waals surface area (Å²) in [4.78, 5) is 7.91. The molecule has 2 aromatic rings. The van der Waals surface area contributed by atoms with E-state index in [1.807, 2.05) is 30.3 Å². The second-order valence-corrected chi connectivity index (χ2v) is 3.42. The van der Waals surface area contributed by atoms with Crippen LogP contribution in [0.1, 0.15) is 18.2 Å². The van der Waals surface area contributed by atoms with Crippen LogP contribution in [0.5, 0.6) is 11.6 Å². The van der Waals surface area contributed by atoms with E-state index in [1.165, 1.54) is 12.4 Å². The first-order valence-corrected chi connectivity index (χ1v) is 5.31. The van der Waals surface area contributed by atoms with Crippen LogP contribution >= 0.6 is 0 Å². The third-order valence-electron chi connectivity index (χ3n) is 2.31. The molecule has 0 N–H and O–H groups in total. The summed E-state index contributed by atoms with van der Waals surface area (Å²) in [7, 11) is 0. The lowest BCUT2D eigenvalue weighted by molar-refractivity contribution is 0.454. The molecule has 0 saturated heterocycles. The van der Waals surface area contributed by atoms with Crippen LogP contribution in [0.3, 0.4) is 0 Å². The van der Waals surface area contributed by atoms with Gasteiger partial charge in [0.15, 0.2) is 5.69 Å². The lowest BCUT2D eigenvalue weighted by atomic mass is 10.1. The zero-order valence-electron chi connectivity index (χ0n) is 9.42. The van der Waals surface area contributed by atoms with E-state index in [0.717, 1.165) is 17.7 Å². The van der Waals surface area contributed by atoms with Gasteiger partial charge in [-0.1, -0.05) is 25.1 Å². The van der Waals surface area contributed by atoms with Gasteiger partial charge in [0, 0.05) is 0 Å². The van der Waals surface area contributed by atoms with Crippen LogP contribution in [0.4, 0.5) is 0 Å². The van der Waals surface area contributed by atoms with Crippen molar-refractivity contribution in [1.82, 2.24) is 9.97 Å². The monoisotopic (exact) mass is 225 g/mol. The Hall–Kier alpha value is -2.41. The zero-order valence-corrected chi connectivity index (χ0v) is 9.42. The number of aromatic nitrogens is 2. The second kappa shape index (κ2) is 5.08. The van der Waals surface area contributed by atoms with E-state index in [-0.39, 0.29) is 5.69 Å². The minimum absolute atomic E-state index is 0.279. The predicted molar refractivity (Wildman–Crippen MR) is 62.6 cm³/mol. The molecule has 2 rings (SSSR count). The SMILES string of the molecule is CCc1ccccc1Oc1cnc(C#N)cn1. The molecule has 0 unspecified atom stereocenters. The number of hydrogen-bond donors (Lipinski definition) is 0. The molecule has 0 atom stereocenters. The van der Waals surface area contributed by atoms with Crippen LogP contribution in [0.25, 0.3) is 0 Å². The number of nitrogens with zero attached hydrogens (tertiary/aromatic N) is 3. The highest BCUT2D eigenvalue weighted by Crippen LogP contribution is 2.23. The molecule has 0 saturated carbocycles. The molecule has 0 aliphatic carbocycles. The quantitative estimate of drug-likeness (QED) is 0.805. The number of benzene rings is 1. The van der Waals surface area contributed by atoms with E-state index in [2.05, 4.69) is 16.9 Å². The fraction of sp³-hybridized carbons (Fsp3) is 0.154. The van der Waals surface area contributed by atoms with Gasteiger partial charge in [0.05, 0.1) is 12.4 Å². The molecule has 0 bridgehead atoms. The van der Waals surface area contributed by atoms with Gasteiger partial charge in [-0.2, -0.15) is 5.26 Å². The smallest absolute Gasteiger partial charge is 0.237 e. The highest BCUT2D eigenvalue weighted by molar-refractivity contribution is 5.35. The first-order valence-electron chi connectivity index (χ1n) is 5.31. The average molecular weight is 225 g/mol. The standard InChI is InChI=1S/C13H11N3O/c1-2-10-5-3-4-6-12(10)17-13-9-15-11(7-14)8-16-13/h3-6,8-9H,2H2,1H3. The third-order valence-corrected chi connectivity index (χ3v) is 2.31. The maximum Gasteiger partial charge on any atom is 0.237 e. The lowest BCUT2D eigenvalue weighted by Crippen LogP contribution is -1.93. The molecule has 0 aliphatic rings. The normalized spacial score (nSPS) is 9.65. The van der Waals surface area contributed by atoms with Crippen molar-refractivity contribution >= 4 is 0 Å². The maximum atomic E-state index is 8.61. The maximum absolute atomic E-state index is 8.61. The summed E-state index contributed by atoms with van der Waals surface area (Å²) in [5, 5.41) is 8.61. The number of ether oxygens (including phenoxy) is 1. The minimum Gasteiger partial charge on any atom is -0.437 e. The average Bonchev–Trinajstić information content (AvgIpc) is 2.40. The fourth-order valence-electron chi connectivity index (χ4n) is 1.43. The summed E-state index contributed by atoms with van der Waals surface area (Å²) in [6, 6.07) is 9.68. The Bertz CT molecular complexity index is 543. The fourth-order valence-corrected chi connectivity index (χ4v) is 1.43. The van der Waals surface area contributed by atoms with Gasteiger partial charge >= 0.3 is 0 Å². The number of aryl methyl sites for hydroxylation is 1. The van der Waals surface area contributed by atoms with Crippen LogP contribution < -0.4 is 4.74 Å². The molecule has 1 aromatic heterocycles. The van der Waals surface area contributed by atoms with Gasteiger partial charge in [0.25, 0.3) is 0 Å². The van der Waals surface area contributed by atoms with E-state index in [1.54, 1.807) is 0 Å². The summed E-state index contributed by atoms with van der Waals surface area (Å²) >= 11 is 0. The molecule has 0 amide bonds. The van der Waals surface area contributed by atoms with Gasteiger partial charge in [-0.25, -0.2) is 9.97 Å². The van der Waals surface area contributed by atoms with Gasteiger partial charge in [0.2, 0.25) is 5.88 Å². The Labute approximate surface area is 99.5 Å². The third kappa shape index (κ3) is 2.58. The summed E-state index contributed by atoms with van der Waals surface area (Å²) in [5.74, 6) is 1.17. The van der Waals surface area contributed by atoms with Crippen LogP contribution in [-0.4, -0.2) is 9.97 Å². The Morgan fingerprint density at radius 3 is 2.71 bits per heavy atom. The summed E-state index contributed by atoms with van der Waals surface area (Å²) in [6.45, 7) is 2.06. The van der Waals surface area contributed by atoms with Crippen molar-refractivity contribution in [3.8, 4) is 17.7 Å². The van der Waals surface area contributed by atoms with Crippen molar-refractivity contribution in [2.24, 2.45) is 0 Å². The Balaban J connectivity index is 2.22. The number of rotatable bonds is 3. The van der Waals surface area contributed by atoms with Crippen LogP contribution in [0, 0.1) is 11.3 Å². The van der Waals surface area contributed by atoms with Crippen LogP contribution in [0.2, 0.25) is 0 Å². The van der Waals surface area contributed by atoms with Crippen LogP contribution in [-0.2, 0) is 6.42 Å². The minimum atomic E-state index is 0.279. The number of nitriles is 1. The molecule has 0 spiro atoms. The first-order chi connectivity index (χ1) is 8.33. The Morgan fingerprint density at radius 2 is 2.06 bits per heavy atom. The first kappa shape index (κ1) is 11.1. The van der Waals surface area contributed by atoms with Gasteiger partial charge in [-0.3, -0.25) is 0 Å². The van der Waals surface area contributed by atoms with Gasteiger partial charge < -0.3 is 4.74 Å². The molecule has 17 heavy (non-hydrogen) atoms. The molecule has 0 radical (unpaired) electrons. The summed E-state index contributed by atoms with van der Waals surface area (Å²) in [6.07, 6.45) is 3.73. The number of para-hydroxylation sites is 1. The molecule has 1 heterocycles. The van der Waals surface area contributed by atoms with Gasteiger partial charge in [0.1, 0.15) is 11.8 Å².